The number of carbonyl (C=O) groups excluding carboxylic acids is 1. The van der Waals surface area contributed by atoms with Gasteiger partial charge in [0, 0.05) is 55.8 Å². The van der Waals surface area contributed by atoms with Crippen molar-refractivity contribution in [2.75, 3.05) is 50.8 Å². The molecule has 0 radical (unpaired) electrons. The van der Waals surface area contributed by atoms with E-state index in [-0.39, 0.29) is 48.8 Å². The summed E-state index contributed by atoms with van der Waals surface area (Å²) in [6.07, 6.45) is 3.00. The van der Waals surface area contributed by atoms with Crippen LogP contribution in [-0.2, 0) is 28.0 Å². The van der Waals surface area contributed by atoms with Crippen LogP contribution in [0.4, 0.5) is 5.69 Å². The molecule has 38 heavy (non-hydrogen) atoms. The maximum atomic E-state index is 13.9. The number of unbranched alkanes of at least 4 members (excludes halogenated alkanes) is 1. The van der Waals surface area contributed by atoms with Crippen molar-refractivity contribution in [2.45, 2.75) is 97.0 Å². The van der Waals surface area contributed by atoms with Crippen LogP contribution in [0.15, 0.2) is 6.07 Å². The molecule has 1 amide bonds. The Balaban J connectivity index is 0.00000253. The van der Waals surface area contributed by atoms with Crippen molar-refractivity contribution >= 4 is 36.4 Å². The number of aryl methyl sites for hydroxylation is 1. The standard InChI is InChI=1S/C28H47N5O3.2ClH/c1-7-8-9-22-10-25-27(30-24(22)15-34)28(5,6)18-33(25)26(35)14-31-12-19(2)29-11-23(31)13-32-20(3)16-36-17-21(32)4;;/h10,19-21,23,29,34H,7-9,11-18H2,1-6H3;2*1H/t19-,20-,21-,23-;;/m1../s1. The van der Waals surface area contributed by atoms with Crippen LogP contribution in [0.3, 0.4) is 0 Å². The average molecular weight is 575 g/mol. The van der Waals surface area contributed by atoms with Crippen LogP contribution in [0, 0.1) is 0 Å². The quantitative estimate of drug-likeness (QED) is 0.494. The van der Waals surface area contributed by atoms with Gasteiger partial charge in [-0.1, -0.05) is 27.2 Å². The van der Waals surface area contributed by atoms with Crippen molar-refractivity contribution in [1.82, 2.24) is 20.1 Å². The fourth-order valence-corrected chi connectivity index (χ4v) is 6.09. The van der Waals surface area contributed by atoms with Crippen molar-refractivity contribution in [3.05, 3.63) is 23.0 Å². The number of hydrogen-bond donors (Lipinski definition) is 2. The summed E-state index contributed by atoms with van der Waals surface area (Å²) in [5.74, 6) is 0.143. The van der Waals surface area contributed by atoms with Crippen molar-refractivity contribution in [3.63, 3.8) is 0 Å². The summed E-state index contributed by atoms with van der Waals surface area (Å²) in [4.78, 5) is 25.6. The number of amides is 1. The number of piperazine rings is 1. The van der Waals surface area contributed by atoms with Gasteiger partial charge in [-0.3, -0.25) is 19.6 Å². The van der Waals surface area contributed by atoms with Gasteiger partial charge in [0.25, 0.3) is 0 Å². The number of pyridine rings is 1. The molecular weight excluding hydrogens is 525 g/mol. The molecule has 2 saturated heterocycles. The zero-order valence-corrected chi connectivity index (χ0v) is 25.7. The zero-order valence-electron chi connectivity index (χ0n) is 24.0. The predicted molar refractivity (Wildman–Crippen MR) is 158 cm³/mol. The maximum absolute atomic E-state index is 13.9. The summed E-state index contributed by atoms with van der Waals surface area (Å²) in [7, 11) is 0. The van der Waals surface area contributed by atoms with E-state index < -0.39 is 0 Å². The summed E-state index contributed by atoms with van der Waals surface area (Å²) in [6.45, 7) is 18.3. The Labute approximate surface area is 241 Å². The van der Waals surface area contributed by atoms with Crippen molar-refractivity contribution in [1.29, 1.82) is 0 Å². The lowest BCUT2D eigenvalue weighted by atomic mass is 9.90. The highest BCUT2D eigenvalue weighted by molar-refractivity contribution is 5.97. The minimum absolute atomic E-state index is 0. The molecule has 1 aromatic heterocycles. The van der Waals surface area contributed by atoms with Crippen LogP contribution < -0.4 is 10.2 Å². The Kier molecular flexibility index (Phi) is 12.3. The lowest BCUT2D eigenvalue weighted by Crippen LogP contribution is -2.63. The van der Waals surface area contributed by atoms with Crippen LogP contribution in [0.5, 0.6) is 0 Å². The van der Waals surface area contributed by atoms with Crippen LogP contribution in [0.25, 0.3) is 0 Å². The van der Waals surface area contributed by atoms with Gasteiger partial charge in [-0.25, -0.2) is 0 Å². The van der Waals surface area contributed by atoms with E-state index in [1.165, 1.54) is 0 Å². The summed E-state index contributed by atoms with van der Waals surface area (Å²) in [5.41, 5.74) is 3.45. The fraction of sp³-hybridized carbons (Fsp3) is 0.786. The molecule has 0 aromatic carbocycles. The number of halogens is 2. The lowest BCUT2D eigenvalue weighted by Gasteiger charge is -2.46. The highest BCUT2D eigenvalue weighted by atomic mass is 35.5. The van der Waals surface area contributed by atoms with Crippen LogP contribution in [0.1, 0.15) is 71.3 Å². The highest BCUT2D eigenvalue weighted by Gasteiger charge is 2.41. The monoisotopic (exact) mass is 573 g/mol. The van der Waals surface area contributed by atoms with E-state index in [1.807, 2.05) is 4.90 Å². The molecule has 0 spiro atoms. The zero-order chi connectivity index (χ0) is 26.0. The second-order valence-electron chi connectivity index (χ2n) is 11.9. The number of fused-ring (bicyclic) bond motifs is 1. The molecule has 2 N–H and O–H groups in total. The highest BCUT2D eigenvalue weighted by Crippen LogP contribution is 2.40. The molecular formula is C28H49Cl2N5O3. The Morgan fingerprint density at radius 1 is 1.21 bits per heavy atom. The number of aliphatic hydroxyl groups excluding tert-OH is 1. The third kappa shape index (κ3) is 7.19. The first kappa shape index (κ1) is 33.2. The van der Waals surface area contributed by atoms with E-state index >= 15 is 0 Å². The molecule has 0 aliphatic carbocycles. The molecule has 4 atom stereocenters. The number of nitrogens with one attached hydrogen (secondary N) is 1. The number of nitrogens with zero attached hydrogens (tertiary/aromatic N) is 4. The largest absolute Gasteiger partial charge is 0.390 e. The predicted octanol–water partition coefficient (Wildman–Crippen LogP) is 3.16. The first-order chi connectivity index (χ1) is 17.1. The summed E-state index contributed by atoms with van der Waals surface area (Å²) in [5, 5.41) is 13.6. The van der Waals surface area contributed by atoms with Gasteiger partial charge in [-0.15, -0.1) is 24.8 Å². The Hall–Kier alpha value is -1.00. The van der Waals surface area contributed by atoms with E-state index in [0.717, 1.165) is 74.7 Å². The topological polar surface area (TPSA) is 81.2 Å². The number of carbonyl (C=O) groups is 1. The van der Waals surface area contributed by atoms with Crippen LogP contribution in [0.2, 0.25) is 0 Å². The van der Waals surface area contributed by atoms with E-state index in [2.05, 4.69) is 62.7 Å². The molecule has 0 saturated carbocycles. The molecule has 2 fully saturated rings. The third-order valence-corrected chi connectivity index (χ3v) is 8.24. The average Bonchev–Trinajstić information content (AvgIpc) is 3.10. The normalized spacial score (nSPS) is 27.4. The number of aliphatic hydroxyl groups is 1. The van der Waals surface area contributed by atoms with Gasteiger partial charge in [0.15, 0.2) is 0 Å². The number of anilines is 1. The number of ether oxygens (including phenoxy) is 1. The van der Waals surface area contributed by atoms with Crippen molar-refractivity contribution < 1.29 is 14.6 Å². The first-order valence-electron chi connectivity index (χ1n) is 13.9. The van der Waals surface area contributed by atoms with Gasteiger partial charge in [0.1, 0.15) is 0 Å². The van der Waals surface area contributed by atoms with Crippen molar-refractivity contribution in [3.8, 4) is 0 Å². The summed E-state index contributed by atoms with van der Waals surface area (Å²) < 4.78 is 5.74. The minimum atomic E-state index is -0.243. The fourth-order valence-electron chi connectivity index (χ4n) is 6.09. The van der Waals surface area contributed by atoms with Gasteiger partial charge in [-0.05, 0) is 45.2 Å². The number of hydrogen-bond acceptors (Lipinski definition) is 7. The molecule has 218 valence electrons. The molecule has 0 unspecified atom stereocenters. The molecule has 3 aliphatic rings. The molecule has 3 aliphatic heterocycles. The summed E-state index contributed by atoms with van der Waals surface area (Å²) >= 11 is 0. The van der Waals surface area contributed by atoms with E-state index in [4.69, 9.17) is 9.72 Å². The Morgan fingerprint density at radius 3 is 2.53 bits per heavy atom. The van der Waals surface area contributed by atoms with E-state index in [1.54, 1.807) is 0 Å². The SMILES string of the molecule is CCCCc1cc2c(nc1CO)C(C)(C)CN2C(=O)CN1C[C@@H](C)NC[C@@H]1CN1[C@H](C)COC[C@H]1C.Cl.Cl. The Morgan fingerprint density at radius 2 is 1.89 bits per heavy atom. The van der Waals surface area contributed by atoms with Crippen molar-refractivity contribution in [2.24, 2.45) is 0 Å². The first-order valence-corrected chi connectivity index (χ1v) is 13.9. The second-order valence-corrected chi connectivity index (χ2v) is 11.9. The third-order valence-electron chi connectivity index (χ3n) is 8.24. The van der Waals surface area contributed by atoms with Crippen LogP contribution in [-0.4, -0.2) is 95.9 Å². The van der Waals surface area contributed by atoms with Gasteiger partial charge in [0.2, 0.25) is 5.91 Å². The number of morpholine rings is 1. The minimum Gasteiger partial charge on any atom is -0.390 e. The van der Waals surface area contributed by atoms with Crippen LogP contribution >= 0.6 is 24.8 Å². The van der Waals surface area contributed by atoms with Gasteiger partial charge >= 0.3 is 0 Å². The summed E-state index contributed by atoms with van der Waals surface area (Å²) in [6, 6.07) is 3.52. The maximum Gasteiger partial charge on any atom is 0.241 e. The molecule has 10 heteroatoms. The Bertz CT molecular complexity index is 924. The molecule has 4 heterocycles. The van der Waals surface area contributed by atoms with E-state index in [0.29, 0.717) is 31.2 Å². The number of rotatable bonds is 8. The van der Waals surface area contributed by atoms with E-state index in [9.17, 15) is 9.90 Å². The molecule has 4 rings (SSSR count). The smallest absolute Gasteiger partial charge is 0.241 e. The second kappa shape index (κ2) is 14.1. The molecule has 0 bridgehead atoms. The van der Waals surface area contributed by atoms with Gasteiger partial charge < -0.3 is 20.1 Å². The van der Waals surface area contributed by atoms with Gasteiger partial charge in [-0.2, -0.15) is 0 Å². The lowest BCUT2D eigenvalue weighted by molar-refractivity contribution is -0.121. The van der Waals surface area contributed by atoms with Gasteiger partial charge in [0.05, 0.1) is 43.4 Å². The number of aromatic nitrogens is 1. The molecule has 1 aromatic rings. The molecule has 8 nitrogen and oxygen atoms in total.